The Morgan fingerprint density at radius 1 is 0.490 bits per heavy atom. The molecule has 1 nitrogen and oxygen atoms in total. The molecule has 0 N–H and O–H groups in total. The van der Waals surface area contributed by atoms with Gasteiger partial charge in [0, 0.05) is 37.3 Å². The number of benzene rings is 4. The van der Waals surface area contributed by atoms with Crippen molar-refractivity contribution < 1.29 is 0 Å². The summed E-state index contributed by atoms with van der Waals surface area (Å²) in [5.41, 5.74) is 7.91. The van der Waals surface area contributed by atoms with Gasteiger partial charge in [-0.05, 0) is 65.8 Å². The highest BCUT2D eigenvalue weighted by Gasteiger charge is 2.21. The summed E-state index contributed by atoms with van der Waals surface area (Å²) in [5.74, 6) is 0.683. The third-order valence-corrected chi connectivity index (χ3v) is 12.0. The van der Waals surface area contributed by atoms with Gasteiger partial charge in [0.05, 0.1) is 5.52 Å². The summed E-state index contributed by atoms with van der Waals surface area (Å²) >= 11 is 7.59. The van der Waals surface area contributed by atoms with E-state index in [1.165, 1.54) is 172 Å². The lowest BCUT2D eigenvalue weighted by atomic mass is 9.91. The SMILES string of the molecule is CCCCCCCCCCCCC(CCCCCCCCCC)Cn1c2ccccc2c2ccc(-c3cccc(Br)c3)c(-c3cccc(Br)c3)c21. The summed E-state index contributed by atoms with van der Waals surface area (Å²) in [6.45, 7) is 5.71. The maximum atomic E-state index is 3.82. The highest BCUT2D eigenvalue weighted by molar-refractivity contribution is 9.10. The third-order valence-electron chi connectivity index (χ3n) is 11.1. The van der Waals surface area contributed by atoms with E-state index in [2.05, 4.69) is 135 Å². The molecule has 3 heteroatoms. The average Bonchev–Trinajstić information content (AvgIpc) is 3.46. The maximum absolute atomic E-state index is 3.82. The van der Waals surface area contributed by atoms with Crippen LogP contribution in [0, 0.1) is 5.92 Å². The summed E-state index contributed by atoms with van der Waals surface area (Å²) < 4.78 is 4.96. The van der Waals surface area contributed by atoms with Gasteiger partial charge in [-0.3, -0.25) is 0 Å². The third kappa shape index (κ3) is 11.8. The van der Waals surface area contributed by atoms with E-state index >= 15 is 0 Å². The number of fused-ring (bicyclic) bond motifs is 3. The topological polar surface area (TPSA) is 4.93 Å². The summed E-state index contributed by atoms with van der Waals surface area (Å²) in [5, 5.41) is 2.73. The number of nitrogens with zero attached hydrogens (tertiary/aromatic N) is 1. The van der Waals surface area contributed by atoms with Crippen molar-refractivity contribution in [3.05, 3.63) is 93.9 Å². The molecule has 0 radical (unpaired) electrons. The molecule has 0 spiro atoms. The highest BCUT2D eigenvalue weighted by Crippen LogP contribution is 2.43. The fourth-order valence-corrected chi connectivity index (χ4v) is 9.04. The standard InChI is InChI=1S/C48H63Br2N/c1-3-5-7-9-11-13-14-16-18-20-26-38(25-19-17-15-12-10-8-6-4-2)37-51-46-32-22-21-31-44(46)45-34-33-43(39-27-23-29-41(49)35-39)47(48(45)51)40-28-24-30-42(50)36-40/h21-24,27-36,38H,3-20,25-26,37H2,1-2H3. The van der Waals surface area contributed by atoms with Crippen molar-refractivity contribution in [1.29, 1.82) is 0 Å². The lowest BCUT2D eigenvalue weighted by Crippen LogP contribution is -2.12. The maximum Gasteiger partial charge on any atom is 0.0577 e. The van der Waals surface area contributed by atoms with Gasteiger partial charge < -0.3 is 4.57 Å². The van der Waals surface area contributed by atoms with Crippen molar-refractivity contribution in [3.63, 3.8) is 0 Å². The smallest absolute Gasteiger partial charge is 0.0577 e. The molecule has 0 saturated carbocycles. The Morgan fingerprint density at radius 3 is 1.57 bits per heavy atom. The minimum absolute atomic E-state index is 0.683. The van der Waals surface area contributed by atoms with Crippen molar-refractivity contribution in [1.82, 2.24) is 4.57 Å². The normalized spacial score (nSPS) is 12.3. The first-order chi connectivity index (χ1) is 25.1. The fourth-order valence-electron chi connectivity index (χ4n) is 8.24. The van der Waals surface area contributed by atoms with E-state index in [1.54, 1.807) is 0 Å². The number of hydrogen-bond donors (Lipinski definition) is 0. The first kappa shape index (κ1) is 39.8. The Morgan fingerprint density at radius 2 is 1.00 bits per heavy atom. The molecule has 274 valence electrons. The van der Waals surface area contributed by atoms with Gasteiger partial charge >= 0.3 is 0 Å². The molecule has 0 aliphatic rings. The van der Waals surface area contributed by atoms with Crippen LogP contribution in [0.2, 0.25) is 0 Å². The Kier molecular flexibility index (Phi) is 17.2. The van der Waals surface area contributed by atoms with Gasteiger partial charge in [0.15, 0.2) is 0 Å². The Balaban J connectivity index is 1.43. The molecule has 4 aromatic carbocycles. The van der Waals surface area contributed by atoms with Crippen LogP contribution in [0.25, 0.3) is 44.1 Å². The van der Waals surface area contributed by atoms with Crippen LogP contribution < -0.4 is 0 Å². The zero-order valence-corrected chi connectivity index (χ0v) is 34.9. The fraction of sp³-hybridized carbons (Fsp3) is 0.500. The van der Waals surface area contributed by atoms with E-state index < -0.39 is 0 Å². The van der Waals surface area contributed by atoms with Crippen molar-refractivity contribution in [3.8, 4) is 22.3 Å². The number of rotatable bonds is 24. The molecule has 1 heterocycles. The molecule has 5 rings (SSSR count). The van der Waals surface area contributed by atoms with Gasteiger partial charge in [-0.1, -0.05) is 216 Å². The van der Waals surface area contributed by atoms with Gasteiger partial charge in [-0.15, -0.1) is 0 Å². The second kappa shape index (κ2) is 22.0. The van der Waals surface area contributed by atoms with Crippen LogP contribution in [0.15, 0.2) is 93.9 Å². The molecule has 1 unspecified atom stereocenters. The second-order valence-corrected chi connectivity index (χ2v) is 17.0. The van der Waals surface area contributed by atoms with Gasteiger partial charge in [0.25, 0.3) is 0 Å². The van der Waals surface area contributed by atoms with E-state index in [9.17, 15) is 0 Å². The van der Waals surface area contributed by atoms with E-state index in [4.69, 9.17) is 0 Å². The minimum Gasteiger partial charge on any atom is -0.340 e. The first-order valence-corrected chi connectivity index (χ1v) is 22.2. The zero-order valence-electron chi connectivity index (χ0n) is 31.7. The van der Waals surface area contributed by atoms with Crippen LogP contribution >= 0.6 is 31.9 Å². The molecule has 51 heavy (non-hydrogen) atoms. The number of halogens is 2. The van der Waals surface area contributed by atoms with Crippen molar-refractivity contribution in [2.24, 2.45) is 5.92 Å². The molecule has 0 saturated heterocycles. The molecule has 1 aromatic heterocycles. The number of unbranched alkanes of at least 4 members (excludes halogenated alkanes) is 16. The van der Waals surface area contributed by atoms with E-state index in [0.717, 1.165) is 15.5 Å². The van der Waals surface area contributed by atoms with Crippen molar-refractivity contribution >= 4 is 53.7 Å². The molecule has 0 aliphatic heterocycles. The van der Waals surface area contributed by atoms with Crippen LogP contribution in [-0.2, 0) is 6.54 Å². The van der Waals surface area contributed by atoms with Crippen LogP contribution in [0.5, 0.6) is 0 Å². The molecule has 0 aliphatic carbocycles. The number of hydrogen-bond acceptors (Lipinski definition) is 0. The molecule has 1 atom stereocenters. The quantitative estimate of drug-likeness (QED) is 0.0547. The highest BCUT2D eigenvalue weighted by atomic mass is 79.9. The Hall–Kier alpha value is -2.36. The van der Waals surface area contributed by atoms with E-state index in [-0.39, 0.29) is 0 Å². The molecule has 5 aromatic rings. The van der Waals surface area contributed by atoms with Crippen molar-refractivity contribution in [2.75, 3.05) is 0 Å². The van der Waals surface area contributed by atoms with Gasteiger partial charge in [-0.25, -0.2) is 0 Å². The summed E-state index contributed by atoms with van der Waals surface area (Å²) in [4.78, 5) is 0. The molecular weight excluding hydrogens is 750 g/mol. The van der Waals surface area contributed by atoms with Crippen LogP contribution in [0.1, 0.15) is 142 Å². The molecule has 0 amide bonds. The van der Waals surface area contributed by atoms with Crippen LogP contribution in [0.4, 0.5) is 0 Å². The average molecular weight is 814 g/mol. The van der Waals surface area contributed by atoms with Crippen LogP contribution in [0.3, 0.4) is 0 Å². The molecule has 0 bridgehead atoms. The van der Waals surface area contributed by atoms with Crippen LogP contribution in [-0.4, -0.2) is 4.57 Å². The summed E-state index contributed by atoms with van der Waals surface area (Å²) in [6, 6.07) is 31.7. The van der Waals surface area contributed by atoms with Gasteiger partial charge in [0.2, 0.25) is 0 Å². The monoisotopic (exact) mass is 811 g/mol. The zero-order chi connectivity index (χ0) is 35.7. The molecular formula is C48H63Br2N. The lowest BCUT2D eigenvalue weighted by Gasteiger charge is -2.22. The minimum atomic E-state index is 0.683. The Labute approximate surface area is 327 Å². The predicted octanol–water partition coefficient (Wildman–Crippen LogP) is 17.1. The van der Waals surface area contributed by atoms with Crippen molar-refractivity contribution in [2.45, 2.75) is 149 Å². The van der Waals surface area contributed by atoms with E-state index in [0.29, 0.717) is 5.92 Å². The predicted molar refractivity (Wildman–Crippen MR) is 233 cm³/mol. The van der Waals surface area contributed by atoms with E-state index in [1.807, 2.05) is 0 Å². The Bertz CT molecular complexity index is 1750. The second-order valence-electron chi connectivity index (χ2n) is 15.1. The summed E-state index contributed by atoms with van der Waals surface area (Å²) in [6.07, 6.45) is 27.7. The number of para-hydroxylation sites is 1. The number of aromatic nitrogens is 1. The largest absolute Gasteiger partial charge is 0.340 e. The van der Waals surface area contributed by atoms with Gasteiger partial charge in [0.1, 0.15) is 0 Å². The first-order valence-electron chi connectivity index (χ1n) is 20.7. The summed E-state index contributed by atoms with van der Waals surface area (Å²) in [7, 11) is 0. The van der Waals surface area contributed by atoms with Gasteiger partial charge in [-0.2, -0.15) is 0 Å². The molecule has 0 fully saturated rings. The lowest BCUT2D eigenvalue weighted by molar-refractivity contribution is 0.364.